The zero-order chi connectivity index (χ0) is 10.1. The molecule has 6 nitrogen and oxygen atoms in total. The Kier molecular flexibility index (Phi) is 2.51. The predicted molar refractivity (Wildman–Crippen MR) is 48.6 cm³/mol. The maximum Gasteiger partial charge on any atom is 0.211 e. The van der Waals surface area contributed by atoms with Crippen molar-refractivity contribution in [1.82, 2.24) is 4.31 Å². The van der Waals surface area contributed by atoms with Gasteiger partial charge in [-0.2, -0.15) is 4.31 Å². The van der Waals surface area contributed by atoms with E-state index in [4.69, 9.17) is 5.53 Å². The lowest BCUT2D eigenvalue weighted by molar-refractivity contribution is 0.357. The van der Waals surface area contributed by atoms with Crippen molar-refractivity contribution in [3.63, 3.8) is 0 Å². The van der Waals surface area contributed by atoms with Crippen LogP contribution >= 0.6 is 0 Å². The third kappa shape index (κ3) is 2.12. The topological polar surface area (TPSA) is 86.1 Å². The van der Waals surface area contributed by atoms with Crippen molar-refractivity contribution in [2.45, 2.75) is 18.4 Å². The van der Waals surface area contributed by atoms with Crippen LogP contribution in [0.3, 0.4) is 0 Å². The van der Waals surface area contributed by atoms with Crippen LogP contribution in [0.1, 0.15) is 12.8 Å². The van der Waals surface area contributed by atoms with Gasteiger partial charge in [0.05, 0.1) is 6.26 Å². The molecule has 7 heteroatoms. The number of nitrogens with zero attached hydrogens (tertiary/aromatic N) is 4. The Labute approximate surface area is 77.2 Å². The van der Waals surface area contributed by atoms with Gasteiger partial charge < -0.3 is 0 Å². The summed E-state index contributed by atoms with van der Waals surface area (Å²) in [6.07, 6.45) is 2.70. The molecule has 1 rings (SSSR count). The lowest BCUT2D eigenvalue weighted by atomic mass is 10.3. The van der Waals surface area contributed by atoms with E-state index in [-0.39, 0.29) is 6.54 Å². The number of sulfonamides is 1. The highest BCUT2D eigenvalue weighted by Gasteiger charge is 2.49. The van der Waals surface area contributed by atoms with Gasteiger partial charge in [-0.25, -0.2) is 8.42 Å². The minimum Gasteiger partial charge on any atom is -0.212 e. The first kappa shape index (κ1) is 10.3. The SMILES string of the molecule is CN(C1(CN=[N+]=[N-])CC1)S(C)(=O)=O. The average Bonchev–Trinajstić information content (AvgIpc) is 2.79. The second-order valence-corrected chi connectivity index (χ2v) is 5.36. The molecule has 13 heavy (non-hydrogen) atoms. The van der Waals surface area contributed by atoms with Crippen molar-refractivity contribution in [3.8, 4) is 0 Å². The Morgan fingerprint density at radius 2 is 2.15 bits per heavy atom. The highest BCUT2D eigenvalue weighted by atomic mass is 32.2. The monoisotopic (exact) mass is 204 g/mol. The van der Waals surface area contributed by atoms with E-state index in [1.165, 1.54) is 11.4 Å². The summed E-state index contributed by atoms with van der Waals surface area (Å²) in [5.74, 6) is 0. The first-order chi connectivity index (χ1) is 5.92. The molecule has 0 saturated heterocycles. The van der Waals surface area contributed by atoms with Gasteiger partial charge in [-0.05, 0) is 18.4 Å². The van der Waals surface area contributed by atoms with Crippen LogP contribution in [0.25, 0.3) is 10.4 Å². The standard InChI is InChI=1S/C6H12N4O2S/c1-10(13(2,11)12)6(3-4-6)5-8-9-7/h3-5H2,1-2H3. The van der Waals surface area contributed by atoms with E-state index in [0.717, 1.165) is 19.1 Å². The van der Waals surface area contributed by atoms with E-state index < -0.39 is 15.6 Å². The molecule has 0 spiro atoms. The Hall–Kier alpha value is -0.780. The zero-order valence-corrected chi connectivity index (χ0v) is 8.45. The van der Waals surface area contributed by atoms with Crippen LogP contribution in [0, 0.1) is 0 Å². The highest BCUT2D eigenvalue weighted by molar-refractivity contribution is 7.88. The van der Waals surface area contributed by atoms with Crippen molar-refractivity contribution in [1.29, 1.82) is 0 Å². The van der Waals surface area contributed by atoms with E-state index in [9.17, 15) is 8.42 Å². The van der Waals surface area contributed by atoms with E-state index >= 15 is 0 Å². The van der Waals surface area contributed by atoms with Gasteiger partial charge in [-0.15, -0.1) is 0 Å². The van der Waals surface area contributed by atoms with Gasteiger partial charge in [-0.3, -0.25) is 0 Å². The number of likely N-dealkylation sites (N-methyl/N-ethyl adjacent to an activating group) is 1. The van der Waals surface area contributed by atoms with Crippen LogP contribution in [0.2, 0.25) is 0 Å². The summed E-state index contributed by atoms with van der Waals surface area (Å²) >= 11 is 0. The first-order valence-electron chi connectivity index (χ1n) is 3.87. The second-order valence-electron chi connectivity index (χ2n) is 3.34. The lowest BCUT2D eigenvalue weighted by Crippen LogP contribution is -2.40. The molecule has 0 aromatic carbocycles. The fourth-order valence-electron chi connectivity index (χ4n) is 1.23. The third-order valence-electron chi connectivity index (χ3n) is 2.42. The summed E-state index contributed by atoms with van der Waals surface area (Å²) in [5, 5.41) is 3.42. The molecule has 0 aliphatic heterocycles. The van der Waals surface area contributed by atoms with Crippen LogP contribution in [0.4, 0.5) is 0 Å². The Morgan fingerprint density at radius 3 is 2.46 bits per heavy atom. The molecule has 1 saturated carbocycles. The molecule has 0 aromatic rings. The maximum atomic E-state index is 11.2. The summed E-state index contributed by atoms with van der Waals surface area (Å²) in [6, 6.07) is 0. The van der Waals surface area contributed by atoms with E-state index in [2.05, 4.69) is 10.0 Å². The van der Waals surface area contributed by atoms with Crippen LogP contribution < -0.4 is 0 Å². The number of hydrogen-bond donors (Lipinski definition) is 0. The van der Waals surface area contributed by atoms with E-state index in [0.29, 0.717) is 0 Å². The lowest BCUT2D eigenvalue weighted by Gasteiger charge is -2.23. The fraction of sp³-hybridized carbons (Fsp3) is 1.00. The quantitative estimate of drug-likeness (QED) is 0.384. The average molecular weight is 204 g/mol. The molecule has 0 heterocycles. The minimum absolute atomic E-state index is 0.229. The molecule has 74 valence electrons. The van der Waals surface area contributed by atoms with Crippen LogP contribution in [-0.4, -0.2) is 38.1 Å². The van der Waals surface area contributed by atoms with Gasteiger partial charge in [-0.1, -0.05) is 5.11 Å². The normalized spacial score (nSPS) is 19.6. The second kappa shape index (κ2) is 3.17. The Morgan fingerprint density at radius 1 is 1.62 bits per heavy atom. The van der Waals surface area contributed by atoms with Gasteiger partial charge in [0.1, 0.15) is 0 Å². The summed E-state index contributed by atoms with van der Waals surface area (Å²) < 4.78 is 23.6. The molecule has 0 atom stereocenters. The first-order valence-corrected chi connectivity index (χ1v) is 5.72. The number of rotatable bonds is 4. The van der Waals surface area contributed by atoms with Crippen molar-refractivity contribution in [2.75, 3.05) is 19.8 Å². The van der Waals surface area contributed by atoms with Gasteiger partial charge in [0.25, 0.3) is 0 Å². The van der Waals surface area contributed by atoms with Gasteiger partial charge in [0.15, 0.2) is 0 Å². The molecule has 0 amide bonds. The van der Waals surface area contributed by atoms with Crippen LogP contribution in [0.5, 0.6) is 0 Å². The molecule has 0 radical (unpaired) electrons. The smallest absolute Gasteiger partial charge is 0.211 e. The molecule has 1 aliphatic rings. The molecule has 1 aliphatic carbocycles. The largest absolute Gasteiger partial charge is 0.212 e. The van der Waals surface area contributed by atoms with Crippen molar-refractivity contribution < 1.29 is 8.42 Å². The Bertz CT molecular complexity index is 340. The van der Waals surface area contributed by atoms with Crippen LogP contribution in [-0.2, 0) is 10.0 Å². The van der Waals surface area contributed by atoms with Gasteiger partial charge in [0.2, 0.25) is 10.0 Å². The summed E-state index contributed by atoms with van der Waals surface area (Å²) in [5.41, 5.74) is 7.70. The molecule has 0 unspecified atom stereocenters. The molecular weight excluding hydrogens is 192 g/mol. The van der Waals surface area contributed by atoms with E-state index in [1.54, 1.807) is 0 Å². The molecule has 0 aromatic heterocycles. The predicted octanol–water partition coefficient (Wildman–Crippen LogP) is 0.721. The number of azide groups is 1. The molecular formula is C6H12N4O2S. The molecule has 0 N–H and O–H groups in total. The molecule has 0 bridgehead atoms. The summed E-state index contributed by atoms with van der Waals surface area (Å²) in [4.78, 5) is 2.63. The number of hydrogen-bond acceptors (Lipinski definition) is 3. The van der Waals surface area contributed by atoms with E-state index in [1.807, 2.05) is 0 Å². The van der Waals surface area contributed by atoms with Crippen molar-refractivity contribution in [3.05, 3.63) is 10.4 Å². The van der Waals surface area contributed by atoms with Crippen molar-refractivity contribution in [2.24, 2.45) is 5.11 Å². The third-order valence-corrected chi connectivity index (χ3v) is 3.80. The molecule has 1 fully saturated rings. The summed E-state index contributed by atoms with van der Waals surface area (Å²) in [7, 11) is -1.66. The fourth-order valence-corrected chi connectivity index (χ4v) is 2.18. The van der Waals surface area contributed by atoms with Crippen LogP contribution in [0.15, 0.2) is 5.11 Å². The minimum atomic E-state index is -3.18. The highest BCUT2D eigenvalue weighted by Crippen LogP contribution is 2.42. The van der Waals surface area contributed by atoms with Crippen molar-refractivity contribution >= 4 is 10.0 Å². The summed E-state index contributed by atoms with van der Waals surface area (Å²) in [6.45, 7) is 0.229. The van der Waals surface area contributed by atoms with Gasteiger partial charge in [0, 0.05) is 24.0 Å². The maximum absolute atomic E-state index is 11.2. The van der Waals surface area contributed by atoms with Gasteiger partial charge >= 0.3 is 0 Å². The Balaban J connectivity index is 2.76. The zero-order valence-electron chi connectivity index (χ0n) is 7.63.